The van der Waals surface area contributed by atoms with E-state index in [1.807, 2.05) is 31.2 Å². The van der Waals surface area contributed by atoms with E-state index >= 15 is 0 Å². The van der Waals surface area contributed by atoms with Gasteiger partial charge >= 0.3 is 5.97 Å². The summed E-state index contributed by atoms with van der Waals surface area (Å²) in [6, 6.07) is 14.7. The summed E-state index contributed by atoms with van der Waals surface area (Å²) in [6.45, 7) is 2.71. The first-order chi connectivity index (χ1) is 15.9. The highest BCUT2D eigenvalue weighted by molar-refractivity contribution is 5.95. The van der Waals surface area contributed by atoms with Gasteiger partial charge in [0.05, 0.1) is 6.61 Å². The Bertz CT molecular complexity index is 932. The molecule has 1 fully saturated rings. The largest absolute Gasteiger partial charge is 0.494 e. The second-order valence-corrected chi connectivity index (χ2v) is 8.45. The minimum Gasteiger partial charge on any atom is -0.494 e. The van der Waals surface area contributed by atoms with Crippen LogP contribution >= 0.6 is 0 Å². The van der Waals surface area contributed by atoms with E-state index in [1.165, 1.54) is 5.56 Å². The number of hydrogen-bond acceptors (Lipinski definition) is 4. The van der Waals surface area contributed by atoms with Gasteiger partial charge in [0, 0.05) is 30.6 Å². The van der Waals surface area contributed by atoms with Crippen molar-refractivity contribution in [3.8, 4) is 5.75 Å². The molecule has 1 aliphatic rings. The minimum atomic E-state index is -0.714. The molecule has 0 spiro atoms. The third-order valence-electron chi connectivity index (χ3n) is 6.04. The number of carboxylic acid groups (broad SMARTS) is 1. The number of carbonyl (C=O) groups is 3. The molecule has 3 rings (SSSR count). The van der Waals surface area contributed by atoms with Gasteiger partial charge in [-0.15, -0.1) is 0 Å². The van der Waals surface area contributed by atoms with Gasteiger partial charge in [-0.05, 0) is 86.4 Å². The van der Waals surface area contributed by atoms with E-state index in [1.54, 1.807) is 24.3 Å². The molecular weight excluding hydrogens is 420 g/mol. The van der Waals surface area contributed by atoms with Crippen molar-refractivity contribution in [3.05, 3.63) is 59.7 Å². The highest BCUT2D eigenvalue weighted by Crippen LogP contribution is 2.37. The van der Waals surface area contributed by atoms with Crippen LogP contribution in [0.1, 0.15) is 67.3 Å². The molecule has 33 heavy (non-hydrogen) atoms. The normalized spacial score (nSPS) is 17.7. The summed E-state index contributed by atoms with van der Waals surface area (Å²) in [5.74, 6) is 0.335. The number of carboxylic acids is 1. The number of aliphatic carboxylic acids is 1. The first kappa shape index (κ1) is 24.3. The number of carbonyl (C=O) groups excluding carboxylic acids is 2. The summed E-state index contributed by atoms with van der Waals surface area (Å²) in [5, 5.41) is 14.6. The fourth-order valence-electron chi connectivity index (χ4n) is 4.27. The average Bonchev–Trinajstić information content (AvgIpc) is 2.80. The molecule has 3 N–H and O–H groups in total. The summed E-state index contributed by atoms with van der Waals surface area (Å²) in [5.41, 5.74) is 2.47. The van der Waals surface area contributed by atoms with E-state index in [9.17, 15) is 14.4 Å². The van der Waals surface area contributed by atoms with Crippen LogP contribution in [-0.2, 0) is 9.59 Å². The van der Waals surface area contributed by atoms with Crippen LogP contribution < -0.4 is 15.4 Å². The Hall–Kier alpha value is -3.35. The first-order valence-electron chi connectivity index (χ1n) is 11.6. The van der Waals surface area contributed by atoms with Crippen LogP contribution in [0.15, 0.2) is 48.5 Å². The lowest BCUT2D eigenvalue weighted by atomic mass is 9.77. The third-order valence-corrected chi connectivity index (χ3v) is 6.04. The Balaban J connectivity index is 1.39. The molecule has 176 valence electrons. The van der Waals surface area contributed by atoms with Gasteiger partial charge < -0.3 is 20.5 Å². The summed E-state index contributed by atoms with van der Waals surface area (Å²) < 4.78 is 5.36. The lowest BCUT2D eigenvalue weighted by molar-refractivity contribution is -0.138. The minimum absolute atomic E-state index is 0.163. The van der Waals surface area contributed by atoms with Crippen molar-refractivity contribution in [2.45, 2.75) is 51.4 Å². The third kappa shape index (κ3) is 7.63. The molecule has 2 aromatic rings. The van der Waals surface area contributed by atoms with E-state index in [4.69, 9.17) is 9.84 Å². The van der Waals surface area contributed by atoms with Crippen molar-refractivity contribution < 1.29 is 24.2 Å². The molecule has 0 bridgehead atoms. The quantitative estimate of drug-likeness (QED) is 0.489. The molecule has 0 unspecified atom stereocenters. The number of benzene rings is 2. The molecule has 2 amide bonds. The smallest absolute Gasteiger partial charge is 0.303 e. The molecule has 7 heteroatoms. The van der Waals surface area contributed by atoms with E-state index in [0.717, 1.165) is 31.4 Å². The van der Waals surface area contributed by atoms with Gasteiger partial charge in [-0.1, -0.05) is 12.1 Å². The molecular formula is C26H32N2O5. The van der Waals surface area contributed by atoms with Crippen LogP contribution in [0.5, 0.6) is 5.75 Å². The summed E-state index contributed by atoms with van der Waals surface area (Å²) in [4.78, 5) is 35.3. The lowest BCUT2D eigenvalue weighted by Crippen LogP contribution is -2.27. The Morgan fingerprint density at radius 2 is 1.64 bits per heavy atom. The SMILES string of the molecule is CCOc1ccc(C(=O)NCCC(=O)Nc2ccc(C3CCC(CC(=O)O)CC3)cc2)cc1. The summed E-state index contributed by atoms with van der Waals surface area (Å²) in [7, 11) is 0. The van der Waals surface area contributed by atoms with E-state index < -0.39 is 5.97 Å². The number of rotatable bonds is 10. The van der Waals surface area contributed by atoms with Crippen LogP contribution in [0.4, 0.5) is 5.69 Å². The number of nitrogens with one attached hydrogen (secondary N) is 2. The number of anilines is 1. The maximum Gasteiger partial charge on any atom is 0.303 e. The predicted molar refractivity (Wildman–Crippen MR) is 127 cm³/mol. The van der Waals surface area contributed by atoms with Crippen molar-refractivity contribution in [3.63, 3.8) is 0 Å². The zero-order valence-electron chi connectivity index (χ0n) is 19.0. The monoisotopic (exact) mass is 452 g/mol. The predicted octanol–water partition coefficient (Wildman–Crippen LogP) is 4.59. The zero-order valence-corrected chi connectivity index (χ0v) is 19.0. The summed E-state index contributed by atoms with van der Waals surface area (Å²) >= 11 is 0. The summed E-state index contributed by atoms with van der Waals surface area (Å²) in [6.07, 6.45) is 4.32. The molecule has 0 radical (unpaired) electrons. The molecule has 2 aromatic carbocycles. The molecule has 0 saturated heterocycles. The molecule has 0 heterocycles. The van der Waals surface area contributed by atoms with Gasteiger partial charge in [-0.25, -0.2) is 0 Å². The molecule has 7 nitrogen and oxygen atoms in total. The topological polar surface area (TPSA) is 105 Å². The van der Waals surface area contributed by atoms with Crippen molar-refractivity contribution in [1.82, 2.24) is 5.32 Å². The van der Waals surface area contributed by atoms with Crippen LogP contribution in [0, 0.1) is 5.92 Å². The molecule has 1 saturated carbocycles. The molecule has 0 aromatic heterocycles. The van der Waals surface area contributed by atoms with Crippen molar-refractivity contribution in [2.75, 3.05) is 18.5 Å². The van der Waals surface area contributed by atoms with E-state index in [-0.39, 0.29) is 37.1 Å². The molecule has 1 aliphatic carbocycles. The Morgan fingerprint density at radius 3 is 2.24 bits per heavy atom. The van der Waals surface area contributed by atoms with E-state index in [0.29, 0.717) is 23.8 Å². The van der Waals surface area contributed by atoms with Gasteiger partial charge in [0.1, 0.15) is 5.75 Å². The standard InChI is InChI=1S/C26H32N2O5/c1-2-33-23-13-9-21(10-14-23)26(32)27-16-15-24(29)28-22-11-7-20(8-12-22)19-5-3-18(4-6-19)17-25(30)31/h7-14,18-19H,2-6,15-17H2,1H3,(H,27,32)(H,28,29)(H,30,31). The van der Waals surface area contributed by atoms with Crippen LogP contribution in [0.25, 0.3) is 0 Å². The highest BCUT2D eigenvalue weighted by Gasteiger charge is 2.23. The van der Waals surface area contributed by atoms with Gasteiger partial charge in [-0.3, -0.25) is 14.4 Å². The maximum atomic E-state index is 12.2. The first-order valence-corrected chi connectivity index (χ1v) is 11.6. The van der Waals surface area contributed by atoms with Gasteiger partial charge in [0.25, 0.3) is 5.91 Å². The fourth-order valence-corrected chi connectivity index (χ4v) is 4.27. The fraction of sp³-hybridized carbons (Fsp3) is 0.423. The van der Waals surface area contributed by atoms with Crippen LogP contribution in [0.3, 0.4) is 0 Å². The van der Waals surface area contributed by atoms with E-state index in [2.05, 4.69) is 10.6 Å². The van der Waals surface area contributed by atoms with Crippen LogP contribution in [-0.4, -0.2) is 36.0 Å². The van der Waals surface area contributed by atoms with Crippen molar-refractivity contribution in [2.24, 2.45) is 5.92 Å². The highest BCUT2D eigenvalue weighted by atomic mass is 16.5. The van der Waals surface area contributed by atoms with Crippen molar-refractivity contribution >= 4 is 23.5 Å². The Kier molecular flexibility index (Phi) is 8.87. The zero-order chi connectivity index (χ0) is 23.6. The van der Waals surface area contributed by atoms with Gasteiger partial charge in [0.15, 0.2) is 0 Å². The van der Waals surface area contributed by atoms with Gasteiger partial charge in [0.2, 0.25) is 5.91 Å². The number of ether oxygens (including phenoxy) is 1. The van der Waals surface area contributed by atoms with Crippen LogP contribution in [0.2, 0.25) is 0 Å². The molecule has 0 aliphatic heterocycles. The Morgan fingerprint density at radius 1 is 0.970 bits per heavy atom. The van der Waals surface area contributed by atoms with Gasteiger partial charge in [-0.2, -0.15) is 0 Å². The number of hydrogen-bond donors (Lipinski definition) is 3. The second kappa shape index (κ2) is 12.0. The lowest BCUT2D eigenvalue weighted by Gasteiger charge is -2.28. The average molecular weight is 453 g/mol. The number of amides is 2. The van der Waals surface area contributed by atoms with Crippen molar-refractivity contribution in [1.29, 1.82) is 0 Å². The second-order valence-electron chi connectivity index (χ2n) is 8.45. The maximum absolute atomic E-state index is 12.2. The Labute approximate surface area is 194 Å². The molecule has 0 atom stereocenters.